The normalized spacial score (nSPS) is 13.7. The zero-order valence-corrected chi connectivity index (χ0v) is 12.8. The van der Waals surface area contributed by atoms with Crippen molar-refractivity contribution < 1.29 is 8.42 Å². The minimum atomic E-state index is -3.35. The smallest absolute Gasteiger partial charge is 0.250 e. The quantitative estimate of drug-likeness (QED) is 0.772. The van der Waals surface area contributed by atoms with Gasteiger partial charge in [-0.25, -0.2) is 13.1 Å². The van der Waals surface area contributed by atoms with E-state index in [9.17, 15) is 8.42 Å². The van der Waals surface area contributed by atoms with Crippen LogP contribution in [0, 0.1) is 0 Å². The van der Waals surface area contributed by atoms with Gasteiger partial charge in [0.15, 0.2) is 0 Å². The SMILES string of the molecule is CCCC(CC)NS(=O)(=O)c1cc(CNC)cs1. The fourth-order valence-corrected chi connectivity index (χ4v) is 4.34. The Morgan fingerprint density at radius 1 is 1.39 bits per heavy atom. The van der Waals surface area contributed by atoms with E-state index in [-0.39, 0.29) is 6.04 Å². The Morgan fingerprint density at radius 2 is 2.11 bits per heavy atom. The van der Waals surface area contributed by atoms with Gasteiger partial charge < -0.3 is 5.32 Å². The second-order valence-electron chi connectivity index (χ2n) is 4.32. The van der Waals surface area contributed by atoms with Crippen LogP contribution in [0.4, 0.5) is 0 Å². The highest BCUT2D eigenvalue weighted by Crippen LogP contribution is 2.21. The molecular formula is C12H22N2O2S2. The highest BCUT2D eigenvalue weighted by molar-refractivity contribution is 7.91. The van der Waals surface area contributed by atoms with Gasteiger partial charge in [0.2, 0.25) is 10.0 Å². The number of hydrogen-bond donors (Lipinski definition) is 2. The fourth-order valence-electron chi connectivity index (χ4n) is 1.76. The van der Waals surface area contributed by atoms with Crippen LogP contribution in [-0.2, 0) is 16.6 Å². The molecule has 0 aliphatic carbocycles. The molecule has 6 heteroatoms. The van der Waals surface area contributed by atoms with Gasteiger partial charge in [-0.1, -0.05) is 20.3 Å². The van der Waals surface area contributed by atoms with Crippen molar-refractivity contribution in [1.29, 1.82) is 0 Å². The molecule has 104 valence electrons. The number of nitrogens with one attached hydrogen (secondary N) is 2. The van der Waals surface area contributed by atoms with E-state index in [2.05, 4.69) is 17.0 Å². The maximum absolute atomic E-state index is 12.2. The van der Waals surface area contributed by atoms with Gasteiger partial charge in [-0.05, 0) is 36.9 Å². The summed E-state index contributed by atoms with van der Waals surface area (Å²) in [4.78, 5) is 0. The molecule has 0 spiro atoms. The van der Waals surface area contributed by atoms with Crippen LogP contribution in [0.3, 0.4) is 0 Å². The average Bonchev–Trinajstić information content (AvgIpc) is 2.78. The van der Waals surface area contributed by atoms with Crippen LogP contribution in [0.1, 0.15) is 38.7 Å². The van der Waals surface area contributed by atoms with E-state index in [1.807, 2.05) is 19.4 Å². The summed E-state index contributed by atoms with van der Waals surface area (Å²) < 4.78 is 27.5. The van der Waals surface area contributed by atoms with Crippen LogP contribution in [-0.4, -0.2) is 21.5 Å². The summed E-state index contributed by atoms with van der Waals surface area (Å²) in [5.74, 6) is 0. The average molecular weight is 290 g/mol. The first-order chi connectivity index (χ1) is 8.53. The van der Waals surface area contributed by atoms with E-state index >= 15 is 0 Å². The van der Waals surface area contributed by atoms with E-state index in [0.717, 1.165) is 24.8 Å². The molecule has 0 aliphatic heterocycles. The predicted octanol–water partition coefficient (Wildman–Crippen LogP) is 2.32. The van der Waals surface area contributed by atoms with Crippen LogP contribution in [0.2, 0.25) is 0 Å². The van der Waals surface area contributed by atoms with Crippen molar-refractivity contribution >= 4 is 21.4 Å². The molecule has 1 aromatic heterocycles. The zero-order valence-electron chi connectivity index (χ0n) is 11.2. The Hall–Kier alpha value is -0.430. The Morgan fingerprint density at radius 3 is 2.67 bits per heavy atom. The van der Waals surface area contributed by atoms with Gasteiger partial charge >= 0.3 is 0 Å². The Bertz CT molecular complexity index is 454. The molecule has 0 amide bonds. The molecule has 0 saturated heterocycles. The first kappa shape index (κ1) is 15.6. The minimum absolute atomic E-state index is 0.0369. The number of sulfonamides is 1. The van der Waals surface area contributed by atoms with Crippen molar-refractivity contribution in [3.8, 4) is 0 Å². The molecule has 0 radical (unpaired) electrons. The van der Waals surface area contributed by atoms with E-state index in [1.165, 1.54) is 11.3 Å². The van der Waals surface area contributed by atoms with Gasteiger partial charge in [0.25, 0.3) is 0 Å². The molecule has 0 aromatic carbocycles. The summed E-state index contributed by atoms with van der Waals surface area (Å²) in [5.41, 5.74) is 1.01. The maximum atomic E-state index is 12.2. The van der Waals surface area contributed by atoms with Gasteiger partial charge in [-0.15, -0.1) is 11.3 Å². The summed E-state index contributed by atoms with van der Waals surface area (Å²) >= 11 is 1.28. The summed E-state index contributed by atoms with van der Waals surface area (Å²) in [6, 6.07) is 1.78. The second-order valence-corrected chi connectivity index (χ2v) is 7.17. The van der Waals surface area contributed by atoms with Crippen LogP contribution in [0.25, 0.3) is 0 Å². The third kappa shape index (κ3) is 4.35. The van der Waals surface area contributed by atoms with Crippen molar-refractivity contribution in [2.45, 2.75) is 49.9 Å². The van der Waals surface area contributed by atoms with Crippen molar-refractivity contribution in [3.05, 3.63) is 17.0 Å². The standard InChI is InChI=1S/C12H22N2O2S2/c1-4-6-11(5-2)14-18(15,16)12-7-10(8-13-3)9-17-12/h7,9,11,13-14H,4-6,8H2,1-3H3. The Balaban J connectivity index is 2.78. The lowest BCUT2D eigenvalue weighted by Gasteiger charge is -2.15. The molecule has 0 fully saturated rings. The lowest BCUT2D eigenvalue weighted by Crippen LogP contribution is -2.33. The molecule has 0 aliphatic rings. The predicted molar refractivity (Wildman–Crippen MR) is 76.4 cm³/mol. The lowest BCUT2D eigenvalue weighted by molar-refractivity contribution is 0.513. The molecule has 1 unspecified atom stereocenters. The largest absolute Gasteiger partial charge is 0.316 e. The van der Waals surface area contributed by atoms with E-state index in [1.54, 1.807) is 6.07 Å². The summed E-state index contributed by atoms with van der Waals surface area (Å²) in [5, 5.41) is 4.89. The van der Waals surface area contributed by atoms with Crippen molar-refractivity contribution in [1.82, 2.24) is 10.0 Å². The van der Waals surface area contributed by atoms with Crippen LogP contribution in [0.5, 0.6) is 0 Å². The first-order valence-corrected chi connectivity index (χ1v) is 8.64. The summed E-state index contributed by atoms with van der Waals surface area (Å²) in [7, 11) is -1.50. The molecule has 1 atom stereocenters. The molecule has 18 heavy (non-hydrogen) atoms. The summed E-state index contributed by atoms with van der Waals surface area (Å²) in [6.45, 7) is 4.76. The molecule has 4 nitrogen and oxygen atoms in total. The first-order valence-electron chi connectivity index (χ1n) is 6.27. The van der Waals surface area contributed by atoms with Gasteiger partial charge in [0.1, 0.15) is 4.21 Å². The highest BCUT2D eigenvalue weighted by atomic mass is 32.2. The molecule has 2 N–H and O–H groups in total. The van der Waals surface area contributed by atoms with E-state index in [0.29, 0.717) is 10.8 Å². The van der Waals surface area contributed by atoms with Crippen molar-refractivity contribution in [3.63, 3.8) is 0 Å². The number of hydrogen-bond acceptors (Lipinski definition) is 4. The number of thiophene rings is 1. The monoisotopic (exact) mass is 290 g/mol. The van der Waals surface area contributed by atoms with Crippen molar-refractivity contribution in [2.75, 3.05) is 7.05 Å². The molecule has 1 heterocycles. The van der Waals surface area contributed by atoms with Gasteiger partial charge in [0, 0.05) is 12.6 Å². The third-order valence-electron chi connectivity index (χ3n) is 2.73. The molecule has 0 bridgehead atoms. The molecular weight excluding hydrogens is 268 g/mol. The van der Waals surface area contributed by atoms with Crippen LogP contribution >= 0.6 is 11.3 Å². The van der Waals surface area contributed by atoms with Gasteiger partial charge in [0.05, 0.1) is 0 Å². The second kappa shape index (κ2) is 7.23. The Labute approximate surface area is 114 Å². The topological polar surface area (TPSA) is 58.2 Å². The van der Waals surface area contributed by atoms with Gasteiger partial charge in [-0.3, -0.25) is 0 Å². The summed E-state index contributed by atoms with van der Waals surface area (Å²) in [6.07, 6.45) is 2.68. The molecule has 1 aromatic rings. The maximum Gasteiger partial charge on any atom is 0.250 e. The third-order valence-corrected chi connectivity index (χ3v) is 5.74. The van der Waals surface area contributed by atoms with Crippen molar-refractivity contribution in [2.24, 2.45) is 0 Å². The molecule has 1 rings (SSSR count). The van der Waals surface area contributed by atoms with E-state index in [4.69, 9.17) is 0 Å². The van der Waals surface area contributed by atoms with Crippen LogP contribution in [0.15, 0.2) is 15.7 Å². The zero-order chi connectivity index (χ0) is 13.6. The fraction of sp³-hybridized carbons (Fsp3) is 0.667. The lowest BCUT2D eigenvalue weighted by atomic mass is 10.1. The van der Waals surface area contributed by atoms with E-state index < -0.39 is 10.0 Å². The van der Waals surface area contributed by atoms with Gasteiger partial charge in [-0.2, -0.15) is 0 Å². The minimum Gasteiger partial charge on any atom is -0.316 e. The Kier molecular flexibility index (Phi) is 6.28. The number of rotatable bonds is 8. The van der Waals surface area contributed by atoms with Crippen LogP contribution < -0.4 is 10.0 Å². The highest BCUT2D eigenvalue weighted by Gasteiger charge is 2.20. The molecule has 0 saturated carbocycles.